The lowest BCUT2D eigenvalue weighted by Gasteiger charge is -2.02. The predicted octanol–water partition coefficient (Wildman–Crippen LogP) is -1.70. The van der Waals surface area contributed by atoms with Gasteiger partial charge in [0.05, 0.1) is 6.54 Å². The third-order valence-electron chi connectivity index (χ3n) is 2.02. The molecule has 0 aliphatic heterocycles. The minimum Gasteiger partial charge on any atom is -0.393 e. The number of aromatic nitrogens is 5. The minimum atomic E-state index is -0.583. The van der Waals surface area contributed by atoms with Gasteiger partial charge in [0.15, 0.2) is 0 Å². The van der Waals surface area contributed by atoms with Crippen molar-refractivity contribution < 1.29 is 0 Å². The highest BCUT2D eigenvalue weighted by atomic mass is 16.2. The van der Waals surface area contributed by atoms with E-state index in [4.69, 9.17) is 5.73 Å². The Hall–Kier alpha value is -2.38. The van der Waals surface area contributed by atoms with Crippen molar-refractivity contribution in [2.45, 2.75) is 6.54 Å². The second-order valence-electron chi connectivity index (χ2n) is 3.36. The maximum atomic E-state index is 11.4. The molecule has 0 fully saturated rings. The summed E-state index contributed by atoms with van der Waals surface area (Å²) in [6, 6.07) is 0. The van der Waals surface area contributed by atoms with Crippen LogP contribution in [-0.4, -0.2) is 24.5 Å². The molecule has 0 spiro atoms. The molecule has 2 rings (SSSR count). The average molecular weight is 222 g/mol. The van der Waals surface area contributed by atoms with Crippen molar-refractivity contribution in [3.05, 3.63) is 38.9 Å². The molecule has 0 amide bonds. The number of hydrogen-bond acceptors (Lipinski definition) is 5. The van der Waals surface area contributed by atoms with E-state index in [9.17, 15) is 9.59 Å². The van der Waals surface area contributed by atoms with E-state index in [1.54, 1.807) is 13.2 Å². The molecule has 8 heteroatoms. The van der Waals surface area contributed by atoms with Crippen LogP contribution in [-0.2, 0) is 13.6 Å². The van der Waals surface area contributed by atoms with Gasteiger partial charge in [-0.1, -0.05) is 5.21 Å². The summed E-state index contributed by atoms with van der Waals surface area (Å²) in [5.41, 5.74) is 4.89. The third kappa shape index (κ3) is 1.85. The van der Waals surface area contributed by atoms with Crippen LogP contribution < -0.4 is 17.0 Å². The summed E-state index contributed by atoms with van der Waals surface area (Å²) in [7, 11) is 1.72. The molecule has 0 aliphatic carbocycles. The Morgan fingerprint density at radius 1 is 1.44 bits per heavy atom. The summed E-state index contributed by atoms with van der Waals surface area (Å²) >= 11 is 0. The average Bonchev–Trinajstić information content (AvgIpc) is 2.60. The van der Waals surface area contributed by atoms with Crippen molar-refractivity contribution in [1.82, 2.24) is 24.5 Å². The molecule has 2 aromatic heterocycles. The van der Waals surface area contributed by atoms with Crippen LogP contribution in [0, 0.1) is 0 Å². The first-order valence-corrected chi connectivity index (χ1v) is 4.50. The highest BCUT2D eigenvalue weighted by Crippen LogP contribution is 1.95. The van der Waals surface area contributed by atoms with E-state index in [2.05, 4.69) is 15.3 Å². The van der Waals surface area contributed by atoms with Gasteiger partial charge in [0.25, 0.3) is 5.56 Å². The molecule has 0 unspecified atom stereocenters. The molecule has 84 valence electrons. The predicted molar refractivity (Wildman–Crippen MR) is 55.8 cm³/mol. The number of nitrogens with zero attached hydrogens (tertiary/aromatic N) is 4. The van der Waals surface area contributed by atoms with E-state index in [0.717, 1.165) is 0 Å². The number of aryl methyl sites for hydroxylation is 1. The molecule has 0 saturated heterocycles. The van der Waals surface area contributed by atoms with Crippen LogP contribution in [0.25, 0.3) is 0 Å². The maximum Gasteiger partial charge on any atom is 0.328 e. The van der Waals surface area contributed by atoms with Gasteiger partial charge in [0.1, 0.15) is 11.4 Å². The molecule has 8 nitrogen and oxygen atoms in total. The number of rotatable bonds is 2. The van der Waals surface area contributed by atoms with Crippen molar-refractivity contribution in [2.75, 3.05) is 5.73 Å². The number of hydrogen-bond donors (Lipinski definition) is 2. The molecule has 16 heavy (non-hydrogen) atoms. The van der Waals surface area contributed by atoms with Crippen LogP contribution in [0.1, 0.15) is 5.69 Å². The van der Waals surface area contributed by atoms with E-state index in [1.807, 2.05) is 0 Å². The lowest BCUT2D eigenvalue weighted by Crippen LogP contribution is -2.31. The fraction of sp³-hybridized carbons (Fsp3) is 0.250. The Kier molecular flexibility index (Phi) is 2.31. The fourth-order valence-corrected chi connectivity index (χ4v) is 1.29. The van der Waals surface area contributed by atoms with E-state index in [0.29, 0.717) is 5.69 Å². The van der Waals surface area contributed by atoms with Crippen molar-refractivity contribution in [3.8, 4) is 0 Å². The molecular formula is C8H10N6O2. The summed E-state index contributed by atoms with van der Waals surface area (Å²) in [6.45, 7) is 0.216. The van der Waals surface area contributed by atoms with E-state index in [-0.39, 0.29) is 12.2 Å². The van der Waals surface area contributed by atoms with Crippen molar-refractivity contribution in [2.24, 2.45) is 7.05 Å². The second-order valence-corrected chi connectivity index (χ2v) is 3.36. The Bertz CT molecular complexity index is 622. The molecule has 0 saturated carbocycles. The quantitative estimate of drug-likeness (QED) is 0.628. The van der Waals surface area contributed by atoms with E-state index >= 15 is 0 Å². The molecule has 2 aromatic rings. The molecule has 2 heterocycles. The molecule has 0 aliphatic rings. The number of aromatic amines is 1. The monoisotopic (exact) mass is 222 g/mol. The number of nitrogens with two attached hydrogens (primary N) is 1. The molecule has 0 bridgehead atoms. The molecule has 0 aromatic carbocycles. The van der Waals surface area contributed by atoms with Crippen LogP contribution in [0.15, 0.2) is 22.0 Å². The zero-order chi connectivity index (χ0) is 11.7. The molecule has 3 N–H and O–H groups in total. The number of H-pyrrole nitrogens is 1. The number of nitrogens with one attached hydrogen (secondary N) is 1. The zero-order valence-electron chi connectivity index (χ0n) is 8.54. The lowest BCUT2D eigenvalue weighted by molar-refractivity contribution is 0.694. The first-order chi connectivity index (χ1) is 7.56. The SMILES string of the molecule is Cn1cc(Cn2cc(N)c(=O)[nH]c2=O)nn1. The van der Waals surface area contributed by atoms with Gasteiger partial charge in [-0.2, -0.15) is 0 Å². The smallest absolute Gasteiger partial charge is 0.328 e. The summed E-state index contributed by atoms with van der Waals surface area (Å²) in [6.07, 6.45) is 2.96. The summed E-state index contributed by atoms with van der Waals surface area (Å²) in [5, 5.41) is 7.56. The van der Waals surface area contributed by atoms with Gasteiger partial charge in [-0.15, -0.1) is 5.10 Å². The van der Waals surface area contributed by atoms with Crippen LogP contribution in [0.2, 0.25) is 0 Å². The van der Waals surface area contributed by atoms with Gasteiger partial charge in [-0.3, -0.25) is 19.0 Å². The molecule has 0 radical (unpaired) electrons. The minimum absolute atomic E-state index is 0.0107. The van der Waals surface area contributed by atoms with Crippen molar-refractivity contribution >= 4 is 5.69 Å². The Balaban J connectivity index is 2.39. The van der Waals surface area contributed by atoms with Crippen LogP contribution in [0.3, 0.4) is 0 Å². The maximum absolute atomic E-state index is 11.4. The topological polar surface area (TPSA) is 112 Å². The number of nitrogen functional groups attached to an aromatic ring is 1. The highest BCUT2D eigenvalue weighted by Gasteiger charge is 2.04. The standard InChI is InChI=1S/C8H10N6O2/c1-13-2-5(11-12-13)3-14-4-6(9)7(15)10-8(14)16/h2,4H,3,9H2,1H3,(H,10,15,16). The first kappa shape index (κ1) is 10.1. The van der Waals surface area contributed by atoms with Crippen molar-refractivity contribution in [3.63, 3.8) is 0 Å². The van der Waals surface area contributed by atoms with Gasteiger partial charge in [-0.05, 0) is 0 Å². The zero-order valence-corrected chi connectivity index (χ0v) is 8.54. The van der Waals surface area contributed by atoms with E-state index in [1.165, 1.54) is 15.4 Å². The summed E-state index contributed by atoms with van der Waals surface area (Å²) in [5.74, 6) is 0. The van der Waals surface area contributed by atoms with Gasteiger partial charge in [-0.25, -0.2) is 4.79 Å². The Morgan fingerprint density at radius 2 is 2.19 bits per heavy atom. The first-order valence-electron chi connectivity index (χ1n) is 4.50. The van der Waals surface area contributed by atoms with Crippen LogP contribution in [0.5, 0.6) is 0 Å². The van der Waals surface area contributed by atoms with E-state index < -0.39 is 11.2 Å². The fourth-order valence-electron chi connectivity index (χ4n) is 1.29. The molecule has 0 atom stereocenters. The van der Waals surface area contributed by atoms with Gasteiger partial charge < -0.3 is 5.73 Å². The highest BCUT2D eigenvalue weighted by molar-refractivity contribution is 5.30. The summed E-state index contributed by atoms with van der Waals surface area (Å²) in [4.78, 5) is 24.5. The van der Waals surface area contributed by atoms with Crippen molar-refractivity contribution in [1.29, 1.82) is 0 Å². The number of anilines is 1. The van der Waals surface area contributed by atoms with Gasteiger partial charge in [0.2, 0.25) is 0 Å². The van der Waals surface area contributed by atoms with Gasteiger partial charge in [0, 0.05) is 19.4 Å². The Labute approximate surface area is 89.3 Å². The third-order valence-corrected chi connectivity index (χ3v) is 2.02. The summed E-state index contributed by atoms with van der Waals surface area (Å²) < 4.78 is 2.79. The largest absolute Gasteiger partial charge is 0.393 e. The second kappa shape index (κ2) is 3.65. The van der Waals surface area contributed by atoms with Gasteiger partial charge >= 0.3 is 5.69 Å². The molecular weight excluding hydrogens is 212 g/mol. The van der Waals surface area contributed by atoms with Crippen LogP contribution >= 0.6 is 0 Å². The normalized spacial score (nSPS) is 10.6. The lowest BCUT2D eigenvalue weighted by atomic mass is 10.4. The Morgan fingerprint density at radius 3 is 2.81 bits per heavy atom. The van der Waals surface area contributed by atoms with Crippen LogP contribution in [0.4, 0.5) is 5.69 Å².